The van der Waals surface area contributed by atoms with E-state index in [1.54, 1.807) is 25.1 Å². The highest BCUT2D eigenvalue weighted by molar-refractivity contribution is 7.92. The molecule has 1 atom stereocenters. The van der Waals surface area contributed by atoms with Crippen molar-refractivity contribution in [2.45, 2.75) is 46.1 Å². The fourth-order valence-electron chi connectivity index (χ4n) is 2.82. The van der Waals surface area contributed by atoms with E-state index in [0.29, 0.717) is 16.8 Å². The molecule has 0 heterocycles. The smallest absolute Gasteiger partial charge is 0.252 e. The average molecular weight is 389 g/mol. The van der Waals surface area contributed by atoms with Crippen LogP contribution in [0, 0.1) is 6.92 Å². The molecule has 0 radical (unpaired) electrons. The van der Waals surface area contributed by atoms with Crippen LogP contribution >= 0.6 is 0 Å². The lowest BCUT2D eigenvalue weighted by molar-refractivity contribution is 0.0939. The Morgan fingerprint density at radius 3 is 2.15 bits per heavy atom. The molecule has 2 aromatic carbocycles. The highest BCUT2D eigenvalue weighted by Crippen LogP contribution is 2.25. The minimum atomic E-state index is -3.41. The van der Waals surface area contributed by atoms with Gasteiger partial charge in [0.2, 0.25) is 10.0 Å². The molecule has 0 bridgehead atoms. The molecule has 0 saturated carbocycles. The normalized spacial score (nSPS) is 13.1. The van der Waals surface area contributed by atoms with E-state index < -0.39 is 10.0 Å². The second kappa shape index (κ2) is 7.72. The SMILES string of the molecule is Cc1c(NS(C)(=O)=O)cccc1C(=O)NC(C)c1ccc(C(C)(C)C)cc1. The van der Waals surface area contributed by atoms with E-state index in [0.717, 1.165) is 11.8 Å². The molecule has 0 saturated heterocycles. The lowest BCUT2D eigenvalue weighted by Gasteiger charge is -2.21. The fraction of sp³-hybridized carbons (Fsp3) is 0.381. The molecule has 0 aromatic heterocycles. The molecule has 1 unspecified atom stereocenters. The molecule has 1 amide bonds. The van der Waals surface area contributed by atoms with Crippen molar-refractivity contribution >= 4 is 21.6 Å². The third-order valence-corrected chi connectivity index (χ3v) is 5.09. The van der Waals surface area contributed by atoms with Gasteiger partial charge in [0.05, 0.1) is 18.0 Å². The summed E-state index contributed by atoms with van der Waals surface area (Å²) in [7, 11) is -3.41. The number of hydrogen-bond acceptors (Lipinski definition) is 3. The number of benzene rings is 2. The van der Waals surface area contributed by atoms with E-state index in [2.05, 4.69) is 42.9 Å². The van der Waals surface area contributed by atoms with Crippen molar-refractivity contribution in [2.75, 3.05) is 11.0 Å². The van der Waals surface area contributed by atoms with Gasteiger partial charge in [-0.1, -0.05) is 51.1 Å². The molecule has 2 aromatic rings. The number of hydrogen-bond donors (Lipinski definition) is 2. The van der Waals surface area contributed by atoms with Crippen molar-refractivity contribution in [1.82, 2.24) is 5.32 Å². The van der Waals surface area contributed by atoms with Crippen LogP contribution in [-0.4, -0.2) is 20.6 Å². The predicted octanol–water partition coefficient (Wildman–Crippen LogP) is 4.16. The largest absolute Gasteiger partial charge is 0.346 e. The molecule has 0 aliphatic carbocycles. The Hall–Kier alpha value is -2.34. The van der Waals surface area contributed by atoms with Gasteiger partial charge in [0.1, 0.15) is 0 Å². The van der Waals surface area contributed by atoms with E-state index in [4.69, 9.17) is 0 Å². The summed E-state index contributed by atoms with van der Waals surface area (Å²) in [6.07, 6.45) is 1.09. The summed E-state index contributed by atoms with van der Waals surface area (Å²) in [4.78, 5) is 12.7. The van der Waals surface area contributed by atoms with Crippen LogP contribution < -0.4 is 10.0 Å². The van der Waals surface area contributed by atoms with E-state index in [1.165, 1.54) is 5.56 Å². The lowest BCUT2D eigenvalue weighted by atomic mass is 9.86. The second-order valence-corrected chi connectivity index (χ2v) is 9.67. The average Bonchev–Trinajstić information content (AvgIpc) is 2.54. The van der Waals surface area contributed by atoms with Gasteiger partial charge in [0.25, 0.3) is 5.91 Å². The molecule has 146 valence electrons. The molecule has 2 rings (SSSR count). The highest BCUT2D eigenvalue weighted by Gasteiger charge is 2.17. The summed E-state index contributed by atoms with van der Waals surface area (Å²) >= 11 is 0. The zero-order valence-electron chi connectivity index (χ0n) is 16.8. The minimum absolute atomic E-state index is 0.0786. The number of rotatable bonds is 5. The van der Waals surface area contributed by atoms with Crippen LogP contribution in [0.2, 0.25) is 0 Å². The van der Waals surface area contributed by atoms with Crippen LogP contribution in [0.3, 0.4) is 0 Å². The third kappa shape index (κ3) is 5.57. The maximum Gasteiger partial charge on any atom is 0.252 e. The molecule has 0 aliphatic heterocycles. The monoisotopic (exact) mass is 388 g/mol. The van der Waals surface area contributed by atoms with Gasteiger partial charge in [0.15, 0.2) is 0 Å². The van der Waals surface area contributed by atoms with Crippen LogP contribution in [0.4, 0.5) is 5.69 Å². The molecular formula is C21H28N2O3S. The third-order valence-electron chi connectivity index (χ3n) is 4.50. The summed E-state index contributed by atoms with van der Waals surface area (Å²) in [5.41, 5.74) is 3.78. The highest BCUT2D eigenvalue weighted by atomic mass is 32.2. The summed E-state index contributed by atoms with van der Waals surface area (Å²) < 4.78 is 25.4. The van der Waals surface area contributed by atoms with Gasteiger partial charge in [-0.05, 0) is 48.1 Å². The molecule has 27 heavy (non-hydrogen) atoms. The maximum atomic E-state index is 12.7. The Morgan fingerprint density at radius 1 is 1.04 bits per heavy atom. The van der Waals surface area contributed by atoms with Crippen LogP contribution in [0.1, 0.15) is 60.8 Å². The van der Waals surface area contributed by atoms with Gasteiger partial charge in [-0.2, -0.15) is 0 Å². The van der Waals surface area contributed by atoms with Crippen molar-refractivity contribution in [3.63, 3.8) is 0 Å². The Labute approximate surface area is 162 Å². The molecule has 5 nitrogen and oxygen atoms in total. The Bertz CT molecular complexity index is 927. The van der Waals surface area contributed by atoms with Gasteiger partial charge in [-0.15, -0.1) is 0 Å². The Balaban J connectivity index is 2.18. The van der Waals surface area contributed by atoms with Gasteiger partial charge in [-0.25, -0.2) is 8.42 Å². The van der Waals surface area contributed by atoms with E-state index in [-0.39, 0.29) is 17.4 Å². The Kier molecular flexibility index (Phi) is 6.00. The lowest BCUT2D eigenvalue weighted by Crippen LogP contribution is -2.27. The van der Waals surface area contributed by atoms with Gasteiger partial charge >= 0.3 is 0 Å². The number of amides is 1. The van der Waals surface area contributed by atoms with Crippen molar-refractivity contribution in [1.29, 1.82) is 0 Å². The first-order chi connectivity index (χ1) is 12.4. The molecule has 0 aliphatic rings. The molecule has 0 spiro atoms. The van der Waals surface area contributed by atoms with Crippen LogP contribution in [0.15, 0.2) is 42.5 Å². The van der Waals surface area contributed by atoms with E-state index in [1.807, 2.05) is 19.1 Å². The maximum absolute atomic E-state index is 12.7. The van der Waals surface area contributed by atoms with Crippen molar-refractivity contribution < 1.29 is 13.2 Å². The molecular weight excluding hydrogens is 360 g/mol. The van der Waals surface area contributed by atoms with Gasteiger partial charge in [0, 0.05) is 5.56 Å². The first-order valence-electron chi connectivity index (χ1n) is 8.87. The summed E-state index contributed by atoms with van der Waals surface area (Å²) in [5.74, 6) is -0.239. The Morgan fingerprint density at radius 2 is 1.63 bits per heavy atom. The first-order valence-corrected chi connectivity index (χ1v) is 10.8. The van der Waals surface area contributed by atoms with Crippen molar-refractivity contribution in [3.8, 4) is 0 Å². The standard InChI is InChI=1S/C21H28N2O3S/c1-14-18(8-7-9-19(14)23-27(6,25)26)20(24)22-15(2)16-10-12-17(13-11-16)21(3,4)5/h7-13,15,23H,1-6H3,(H,22,24). The minimum Gasteiger partial charge on any atom is -0.346 e. The predicted molar refractivity (Wildman–Crippen MR) is 111 cm³/mol. The number of carbonyl (C=O) groups is 1. The molecule has 0 fully saturated rings. The van der Waals surface area contributed by atoms with E-state index >= 15 is 0 Å². The van der Waals surface area contributed by atoms with E-state index in [9.17, 15) is 13.2 Å². The van der Waals surface area contributed by atoms with Crippen LogP contribution in [0.25, 0.3) is 0 Å². The molecule has 6 heteroatoms. The zero-order chi connectivity index (χ0) is 20.4. The van der Waals surface area contributed by atoms with Gasteiger partial charge < -0.3 is 5.32 Å². The number of nitrogens with one attached hydrogen (secondary N) is 2. The summed E-state index contributed by atoms with van der Waals surface area (Å²) in [6, 6.07) is 13.0. The summed E-state index contributed by atoms with van der Waals surface area (Å²) in [6.45, 7) is 10.1. The number of carbonyl (C=O) groups excluding carboxylic acids is 1. The van der Waals surface area contributed by atoms with Crippen LogP contribution in [0.5, 0.6) is 0 Å². The van der Waals surface area contributed by atoms with Crippen molar-refractivity contribution in [2.24, 2.45) is 0 Å². The fourth-order valence-corrected chi connectivity index (χ4v) is 3.44. The second-order valence-electron chi connectivity index (χ2n) is 7.92. The molecule has 2 N–H and O–H groups in total. The number of sulfonamides is 1. The topological polar surface area (TPSA) is 75.3 Å². The zero-order valence-corrected chi connectivity index (χ0v) is 17.6. The summed E-state index contributed by atoms with van der Waals surface area (Å²) in [5, 5.41) is 2.99. The number of anilines is 1. The van der Waals surface area contributed by atoms with Crippen molar-refractivity contribution in [3.05, 3.63) is 64.7 Å². The quantitative estimate of drug-likeness (QED) is 0.808. The van der Waals surface area contributed by atoms with Crippen LogP contribution in [-0.2, 0) is 15.4 Å². The first kappa shape index (κ1) is 21.0. The van der Waals surface area contributed by atoms with Gasteiger partial charge in [-0.3, -0.25) is 9.52 Å².